The minimum Gasteiger partial charge on any atom is -0.350 e. The van der Waals surface area contributed by atoms with Gasteiger partial charge in [-0.05, 0) is 25.5 Å². The lowest BCUT2D eigenvalue weighted by Gasteiger charge is -2.37. The van der Waals surface area contributed by atoms with Gasteiger partial charge < -0.3 is 9.64 Å². The van der Waals surface area contributed by atoms with Crippen LogP contribution in [-0.4, -0.2) is 61.8 Å². The second kappa shape index (κ2) is 8.58. The highest BCUT2D eigenvalue weighted by Crippen LogP contribution is 2.23. The maximum atomic E-state index is 12.8. The SMILES string of the molecule is CN1CCN([C@H](C(=O)NO[C@H]2CCCCO2)c2ccccc2)CC1. The highest BCUT2D eigenvalue weighted by Gasteiger charge is 2.30. The number of likely N-dealkylation sites (N-methyl/N-ethyl adjacent to an activating group) is 1. The van der Waals surface area contributed by atoms with Crippen LogP contribution in [0.5, 0.6) is 0 Å². The van der Waals surface area contributed by atoms with E-state index in [0.29, 0.717) is 6.61 Å². The largest absolute Gasteiger partial charge is 0.350 e. The molecule has 0 saturated carbocycles. The van der Waals surface area contributed by atoms with E-state index < -0.39 is 0 Å². The van der Waals surface area contributed by atoms with Gasteiger partial charge in [-0.1, -0.05) is 30.3 Å². The normalized spacial score (nSPS) is 24.5. The molecule has 6 nitrogen and oxygen atoms in total. The van der Waals surface area contributed by atoms with Gasteiger partial charge in [0.2, 0.25) is 0 Å². The monoisotopic (exact) mass is 333 g/mol. The number of nitrogens with one attached hydrogen (secondary N) is 1. The van der Waals surface area contributed by atoms with Crippen molar-refractivity contribution in [1.82, 2.24) is 15.3 Å². The Morgan fingerprint density at radius 3 is 2.62 bits per heavy atom. The fourth-order valence-electron chi connectivity index (χ4n) is 3.23. The third-order valence-electron chi connectivity index (χ3n) is 4.70. The summed E-state index contributed by atoms with van der Waals surface area (Å²) >= 11 is 0. The standard InChI is InChI=1S/C18H27N3O3/c1-20-10-12-21(13-11-20)17(15-7-3-2-4-8-15)18(22)19-24-16-9-5-6-14-23-16/h2-4,7-8,16-17H,5-6,9-14H2,1H3,(H,19,22)/t16-,17-/m0/s1. The van der Waals surface area contributed by atoms with Crippen LogP contribution >= 0.6 is 0 Å². The Kier molecular flexibility index (Phi) is 6.20. The van der Waals surface area contributed by atoms with Gasteiger partial charge in [-0.15, -0.1) is 0 Å². The van der Waals surface area contributed by atoms with E-state index in [1.165, 1.54) is 0 Å². The molecule has 0 aromatic heterocycles. The molecule has 2 atom stereocenters. The summed E-state index contributed by atoms with van der Waals surface area (Å²) in [6.07, 6.45) is 2.62. The highest BCUT2D eigenvalue weighted by molar-refractivity contribution is 5.82. The lowest BCUT2D eigenvalue weighted by molar-refractivity contribution is -0.202. The fraction of sp³-hybridized carbons (Fsp3) is 0.611. The smallest absolute Gasteiger partial charge is 0.265 e. The van der Waals surface area contributed by atoms with E-state index in [9.17, 15) is 4.79 Å². The molecule has 0 bridgehead atoms. The molecule has 0 spiro atoms. The van der Waals surface area contributed by atoms with Crippen molar-refractivity contribution in [3.05, 3.63) is 35.9 Å². The van der Waals surface area contributed by atoms with Gasteiger partial charge in [0.25, 0.3) is 5.91 Å². The summed E-state index contributed by atoms with van der Waals surface area (Å²) in [6, 6.07) is 9.57. The van der Waals surface area contributed by atoms with Crippen molar-refractivity contribution in [3.63, 3.8) is 0 Å². The van der Waals surface area contributed by atoms with Gasteiger partial charge >= 0.3 is 0 Å². The number of benzene rings is 1. The first-order valence-corrected chi connectivity index (χ1v) is 8.78. The summed E-state index contributed by atoms with van der Waals surface area (Å²) in [5.74, 6) is -0.125. The second-order valence-electron chi connectivity index (χ2n) is 6.53. The van der Waals surface area contributed by atoms with Crippen LogP contribution in [0.2, 0.25) is 0 Å². The van der Waals surface area contributed by atoms with Gasteiger partial charge in [0.15, 0.2) is 6.29 Å². The van der Waals surface area contributed by atoms with Crippen LogP contribution in [0.1, 0.15) is 30.9 Å². The Bertz CT molecular complexity index is 512. The molecular formula is C18H27N3O3. The summed E-state index contributed by atoms with van der Waals surface area (Å²) in [5.41, 5.74) is 3.63. The number of nitrogens with zero attached hydrogens (tertiary/aromatic N) is 2. The van der Waals surface area contributed by atoms with Gasteiger partial charge in [0.1, 0.15) is 6.04 Å². The number of hydrogen-bond acceptors (Lipinski definition) is 5. The number of carbonyl (C=O) groups excluding carboxylic acids is 1. The minimum atomic E-state index is -0.330. The summed E-state index contributed by atoms with van der Waals surface area (Å²) in [6.45, 7) is 4.35. The van der Waals surface area contributed by atoms with Crippen molar-refractivity contribution >= 4 is 5.91 Å². The maximum Gasteiger partial charge on any atom is 0.265 e. The molecule has 24 heavy (non-hydrogen) atoms. The first kappa shape index (κ1) is 17.4. The Labute approximate surface area is 143 Å². The van der Waals surface area contributed by atoms with Crippen LogP contribution in [0, 0.1) is 0 Å². The molecule has 1 aromatic carbocycles. The first-order chi connectivity index (χ1) is 11.7. The van der Waals surface area contributed by atoms with Crippen LogP contribution in [-0.2, 0) is 14.4 Å². The second-order valence-corrected chi connectivity index (χ2v) is 6.53. The van der Waals surface area contributed by atoms with Crippen molar-refractivity contribution in [1.29, 1.82) is 0 Å². The van der Waals surface area contributed by atoms with Gasteiger partial charge in [-0.25, -0.2) is 10.3 Å². The fourth-order valence-corrected chi connectivity index (χ4v) is 3.23. The molecule has 132 valence electrons. The topological polar surface area (TPSA) is 54.0 Å². The number of hydroxylamine groups is 1. The molecule has 2 fully saturated rings. The zero-order valence-electron chi connectivity index (χ0n) is 14.3. The van der Waals surface area contributed by atoms with Crippen molar-refractivity contribution < 1.29 is 14.4 Å². The predicted octanol–water partition coefficient (Wildman–Crippen LogP) is 1.55. The molecule has 2 heterocycles. The quantitative estimate of drug-likeness (QED) is 0.829. The van der Waals surface area contributed by atoms with Crippen molar-refractivity contribution in [3.8, 4) is 0 Å². The van der Waals surface area contributed by atoms with E-state index in [1.54, 1.807) is 0 Å². The van der Waals surface area contributed by atoms with E-state index in [4.69, 9.17) is 9.57 Å². The number of amides is 1. The summed E-state index contributed by atoms with van der Waals surface area (Å²) in [7, 11) is 2.11. The van der Waals surface area contributed by atoms with Crippen LogP contribution in [0.25, 0.3) is 0 Å². The number of ether oxygens (including phenoxy) is 1. The number of carbonyl (C=O) groups is 1. The first-order valence-electron chi connectivity index (χ1n) is 8.78. The zero-order chi connectivity index (χ0) is 16.8. The molecule has 2 saturated heterocycles. The molecule has 3 rings (SSSR count). The Balaban J connectivity index is 1.65. The third-order valence-corrected chi connectivity index (χ3v) is 4.70. The molecule has 1 amide bonds. The van der Waals surface area contributed by atoms with Crippen molar-refractivity contribution in [2.24, 2.45) is 0 Å². The maximum absolute atomic E-state index is 12.8. The lowest BCUT2D eigenvalue weighted by Crippen LogP contribution is -2.50. The third kappa shape index (κ3) is 4.54. The zero-order valence-corrected chi connectivity index (χ0v) is 14.3. The van der Waals surface area contributed by atoms with Gasteiger partial charge in [0.05, 0.1) is 0 Å². The number of hydrogen-bond donors (Lipinski definition) is 1. The molecular weight excluding hydrogens is 306 g/mol. The Morgan fingerprint density at radius 2 is 1.96 bits per heavy atom. The average Bonchev–Trinajstić information content (AvgIpc) is 2.64. The molecule has 0 unspecified atom stereocenters. The summed E-state index contributed by atoms with van der Waals surface area (Å²) in [4.78, 5) is 22.8. The Morgan fingerprint density at radius 1 is 1.21 bits per heavy atom. The summed E-state index contributed by atoms with van der Waals surface area (Å²) < 4.78 is 5.52. The van der Waals surface area contributed by atoms with E-state index in [2.05, 4.69) is 22.3 Å². The van der Waals surface area contributed by atoms with Crippen molar-refractivity contribution in [2.75, 3.05) is 39.8 Å². The average molecular weight is 333 g/mol. The van der Waals surface area contributed by atoms with E-state index in [-0.39, 0.29) is 18.2 Å². The van der Waals surface area contributed by atoms with E-state index >= 15 is 0 Å². The molecule has 6 heteroatoms. The molecule has 0 aliphatic carbocycles. The van der Waals surface area contributed by atoms with Crippen LogP contribution in [0.4, 0.5) is 0 Å². The van der Waals surface area contributed by atoms with E-state index in [1.807, 2.05) is 30.3 Å². The van der Waals surface area contributed by atoms with Gasteiger partial charge in [-0.3, -0.25) is 9.69 Å². The predicted molar refractivity (Wildman–Crippen MR) is 91.1 cm³/mol. The van der Waals surface area contributed by atoms with Crippen molar-refractivity contribution in [2.45, 2.75) is 31.6 Å². The van der Waals surface area contributed by atoms with Gasteiger partial charge in [-0.2, -0.15) is 0 Å². The molecule has 1 N–H and O–H groups in total. The Hall–Kier alpha value is -1.47. The number of piperazine rings is 1. The number of rotatable bonds is 5. The van der Waals surface area contributed by atoms with Crippen LogP contribution in [0.3, 0.4) is 0 Å². The molecule has 1 aromatic rings. The molecule has 2 aliphatic heterocycles. The van der Waals surface area contributed by atoms with Crippen LogP contribution in [0.15, 0.2) is 30.3 Å². The minimum absolute atomic E-state index is 0.125. The summed E-state index contributed by atoms with van der Waals surface area (Å²) in [5, 5.41) is 0. The molecule has 0 radical (unpaired) electrons. The van der Waals surface area contributed by atoms with Crippen LogP contribution < -0.4 is 5.48 Å². The lowest BCUT2D eigenvalue weighted by atomic mass is 10.0. The highest BCUT2D eigenvalue weighted by atomic mass is 16.8. The van der Waals surface area contributed by atoms with E-state index in [0.717, 1.165) is 51.0 Å². The molecule has 2 aliphatic rings. The van der Waals surface area contributed by atoms with Gasteiger partial charge in [0, 0.05) is 39.2 Å².